The maximum absolute atomic E-state index is 12.5. The van der Waals surface area contributed by atoms with E-state index >= 15 is 0 Å². The van der Waals surface area contributed by atoms with Crippen LogP contribution in [0.2, 0.25) is 0 Å². The van der Waals surface area contributed by atoms with Crippen molar-refractivity contribution in [1.82, 2.24) is 19.8 Å². The van der Waals surface area contributed by atoms with Crippen LogP contribution >= 0.6 is 11.3 Å². The van der Waals surface area contributed by atoms with Gasteiger partial charge in [-0.05, 0) is 42.2 Å². The fourth-order valence-corrected chi connectivity index (χ4v) is 3.91. The monoisotopic (exact) mass is 421 g/mol. The van der Waals surface area contributed by atoms with E-state index in [9.17, 15) is 4.79 Å². The Morgan fingerprint density at radius 3 is 2.53 bits per heavy atom. The molecule has 2 heterocycles. The molecule has 0 atom stereocenters. The van der Waals surface area contributed by atoms with Gasteiger partial charge in [-0.25, -0.2) is 0 Å². The Hall–Kier alpha value is -3.26. The van der Waals surface area contributed by atoms with Gasteiger partial charge in [0.25, 0.3) is 5.91 Å². The Labute approximate surface area is 178 Å². The van der Waals surface area contributed by atoms with Gasteiger partial charge in [0.05, 0.1) is 5.69 Å². The van der Waals surface area contributed by atoms with E-state index < -0.39 is 0 Å². The van der Waals surface area contributed by atoms with Crippen LogP contribution < -0.4 is 10.1 Å². The van der Waals surface area contributed by atoms with E-state index in [-0.39, 0.29) is 17.9 Å². The molecule has 1 amide bonds. The third kappa shape index (κ3) is 4.18. The van der Waals surface area contributed by atoms with Crippen LogP contribution in [0, 0.1) is 6.92 Å². The normalized spacial score (nSPS) is 11.6. The van der Waals surface area contributed by atoms with Crippen LogP contribution in [0.25, 0.3) is 15.5 Å². The summed E-state index contributed by atoms with van der Waals surface area (Å²) in [6.07, 6.45) is 0. The van der Waals surface area contributed by atoms with E-state index in [0.717, 1.165) is 16.4 Å². The number of carbonyl (C=O) groups excluding carboxylic acids is 1. The molecule has 0 aliphatic carbocycles. The SMILES string of the molecule is Cc1nnc2sc(-c3ccccc3NC(=O)COc3ccc(C(C)(C)C)cc3)nn12. The van der Waals surface area contributed by atoms with E-state index in [1.165, 1.54) is 16.9 Å². The van der Waals surface area contributed by atoms with Gasteiger partial charge in [-0.1, -0.05) is 56.4 Å². The first-order valence-corrected chi connectivity index (χ1v) is 10.4. The smallest absolute Gasteiger partial charge is 0.262 e. The van der Waals surface area contributed by atoms with E-state index in [2.05, 4.69) is 41.4 Å². The zero-order valence-corrected chi connectivity index (χ0v) is 18.2. The van der Waals surface area contributed by atoms with Gasteiger partial charge in [0.15, 0.2) is 12.4 Å². The lowest BCUT2D eigenvalue weighted by Crippen LogP contribution is -2.20. The van der Waals surface area contributed by atoms with Gasteiger partial charge in [0.2, 0.25) is 4.96 Å². The molecule has 0 saturated heterocycles. The van der Waals surface area contributed by atoms with E-state index in [1.54, 1.807) is 4.52 Å². The summed E-state index contributed by atoms with van der Waals surface area (Å²) >= 11 is 1.42. The average Bonchev–Trinajstić information content (AvgIpc) is 3.28. The molecule has 7 nitrogen and oxygen atoms in total. The Bertz CT molecular complexity index is 1190. The third-order valence-electron chi connectivity index (χ3n) is 4.67. The van der Waals surface area contributed by atoms with Crippen LogP contribution in [-0.4, -0.2) is 32.3 Å². The highest BCUT2D eigenvalue weighted by atomic mass is 32.1. The Balaban J connectivity index is 1.45. The van der Waals surface area contributed by atoms with Crippen molar-refractivity contribution in [3.63, 3.8) is 0 Å². The molecule has 0 saturated carbocycles. The number of aryl methyl sites for hydroxylation is 1. The quantitative estimate of drug-likeness (QED) is 0.514. The topological polar surface area (TPSA) is 81.4 Å². The number of hydrogen-bond donors (Lipinski definition) is 1. The van der Waals surface area contributed by atoms with E-state index in [4.69, 9.17) is 4.74 Å². The van der Waals surface area contributed by atoms with Crippen molar-refractivity contribution in [3.05, 3.63) is 59.9 Å². The second-order valence-corrected chi connectivity index (χ2v) is 8.96. The molecule has 0 bridgehead atoms. The summed E-state index contributed by atoms with van der Waals surface area (Å²) in [5.41, 5.74) is 2.80. The number of nitrogens with zero attached hydrogens (tertiary/aromatic N) is 4. The number of benzene rings is 2. The minimum absolute atomic E-state index is 0.0750. The zero-order valence-electron chi connectivity index (χ0n) is 17.3. The summed E-state index contributed by atoms with van der Waals surface area (Å²) in [5.74, 6) is 1.15. The van der Waals surface area contributed by atoms with Gasteiger partial charge >= 0.3 is 0 Å². The number of aromatic nitrogens is 4. The minimum atomic E-state index is -0.235. The lowest BCUT2D eigenvalue weighted by Gasteiger charge is -2.19. The van der Waals surface area contributed by atoms with Crippen molar-refractivity contribution < 1.29 is 9.53 Å². The molecule has 0 radical (unpaired) electrons. The number of nitrogens with one attached hydrogen (secondary N) is 1. The molecule has 8 heteroatoms. The summed E-state index contributed by atoms with van der Waals surface area (Å²) in [5, 5.41) is 16.4. The number of hydrogen-bond acceptors (Lipinski definition) is 6. The summed E-state index contributed by atoms with van der Waals surface area (Å²) in [7, 11) is 0. The number of carbonyl (C=O) groups is 1. The summed E-state index contributed by atoms with van der Waals surface area (Å²) < 4.78 is 7.35. The van der Waals surface area contributed by atoms with Gasteiger partial charge in [-0.15, -0.1) is 10.2 Å². The van der Waals surface area contributed by atoms with Crippen molar-refractivity contribution >= 4 is 27.9 Å². The van der Waals surface area contributed by atoms with Crippen LogP contribution in [0.5, 0.6) is 5.75 Å². The van der Waals surface area contributed by atoms with Crippen molar-refractivity contribution in [2.45, 2.75) is 33.1 Å². The Morgan fingerprint density at radius 1 is 1.10 bits per heavy atom. The number of para-hydroxylation sites is 1. The van der Waals surface area contributed by atoms with E-state index in [0.29, 0.717) is 16.4 Å². The van der Waals surface area contributed by atoms with Gasteiger partial charge < -0.3 is 10.1 Å². The highest BCUT2D eigenvalue weighted by Gasteiger charge is 2.16. The number of anilines is 1. The van der Waals surface area contributed by atoms with E-state index in [1.807, 2.05) is 55.5 Å². The molecule has 2 aromatic heterocycles. The first-order valence-electron chi connectivity index (χ1n) is 9.63. The fourth-order valence-electron chi connectivity index (χ4n) is 2.99. The van der Waals surface area contributed by atoms with Gasteiger partial charge in [-0.2, -0.15) is 9.61 Å². The zero-order chi connectivity index (χ0) is 21.3. The predicted molar refractivity (Wildman–Crippen MR) is 118 cm³/mol. The largest absolute Gasteiger partial charge is 0.484 e. The third-order valence-corrected chi connectivity index (χ3v) is 5.60. The van der Waals surface area contributed by atoms with Crippen LogP contribution in [0.3, 0.4) is 0 Å². The molecule has 2 aromatic carbocycles. The number of amides is 1. The predicted octanol–water partition coefficient (Wildman–Crippen LogP) is 4.48. The molecule has 0 spiro atoms. The summed E-state index contributed by atoms with van der Waals surface area (Å²) in [6.45, 7) is 8.25. The first-order chi connectivity index (χ1) is 14.3. The molecule has 0 unspecified atom stereocenters. The average molecular weight is 422 g/mol. The Kier molecular flexibility index (Phi) is 5.26. The highest BCUT2D eigenvalue weighted by molar-refractivity contribution is 7.19. The van der Waals surface area contributed by atoms with Crippen LogP contribution in [0.1, 0.15) is 32.2 Å². The molecular weight excluding hydrogens is 398 g/mol. The molecule has 4 rings (SSSR count). The second kappa shape index (κ2) is 7.87. The Morgan fingerprint density at radius 2 is 1.83 bits per heavy atom. The second-order valence-electron chi connectivity index (χ2n) is 8.01. The lowest BCUT2D eigenvalue weighted by atomic mass is 9.87. The first kappa shape index (κ1) is 20.0. The molecule has 1 N–H and O–H groups in total. The molecule has 0 fully saturated rings. The molecule has 4 aromatic rings. The molecule has 0 aliphatic rings. The van der Waals surface area contributed by atoms with Crippen LogP contribution in [0.15, 0.2) is 48.5 Å². The highest BCUT2D eigenvalue weighted by Crippen LogP contribution is 2.31. The van der Waals surface area contributed by atoms with Crippen LogP contribution in [-0.2, 0) is 10.2 Å². The summed E-state index contributed by atoms with van der Waals surface area (Å²) in [4.78, 5) is 13.2. The molecular formula is C22H23N5O2S. The maximum atomic E-state index is 12.5. The standard InChI is InChI=1S/C22H23N5O2S/c1-14-24-25-21-27(14)26-20(30-21)17-7-5-6-8-18(17)23-19(28)13-29-16-11-9-15(10-12-16)22(2,3)4/h5-12H,13H2,1-4H3,(H,23,28). The number of fused-ring (bicyclic) bond motifs is 1. The van der Waals surface area contributed by atoms with Gasteiger partial charge in [-0.3, -0.25) is 4.79 Å². The number of ether oxygens (including phenoxy) is 1. The van der Waals surface area contributed by atoms with Crippen molar-refractivity contribution in [3.8, 4) is 16.3 Å². The maximum Gasteiger partial charge on any atom is 0.262 e. The minimum Gasteiger partial charge on any atom is -0.484 e. The number of rotatable bonds is 5. The fraction of sp³-hybridized carbons (Fsp3) is 0.273. The van der Waals surface area contributed by atoms with Gasteiger partial charge in [0, 0.05) is 5.56 Å². The van der Waals surface area contributed by atoms with Gasteiger partial charge in [0.1, 0.15) is 10.8 Å². The van der Waals surface area contributed by atoms with Crippen molar-refractivity contribution in [2.75, 3.05) is 11.9 Å². The molecule has 0 aliphatic heterocycles. The van der Waals surface area contributed by atoms with Crippen molar-refractivity contribution in [1.29, 1.82) is 0 Å². The molecule has 30 heavy (non-hydrogen) atoms. The lowest BCUT2D eigenvalue weighted by molar-refractivity contribution is -0.118. The summed E-state index contributed by atoms with van der Waals surface area (Å²) in [6, 6.07) is 15.4. The van der Waals surface area contributed by atoms with Crippen molar-refractivity contribution in [2.24, 2.45) is 0 Å². The molecule has 154 valence electrons. The van der Waals surface area contributed by atoms with Crippen LogP contribution in [0.4, 0.5) is 5.69 Å².